The number of fused-ring (bicyclic) bond motifs is 1. The minimum Gasteiger partial charge on any atom is -0.482 e. The van der Waals surface area contributed by atoms with Crippen LogP contribution >= 0.6 is 11.6 Å². The highest BCUT2D eigenvalue weighted by atomic mass is 35.5. The summed E-state index contributed by atoms with van der Waals surface area (Å²) in [5.41, 5.74) is 0.577. The molecule has 2 aromatic carbocycles. The van der Waals surface area contributed by atoms with Crippen molar-refractivity contribution >= 4 is 29.0 Å². The summed E-state index contributed by atoms with van der Waals surface area (Å²) in [4.78, 5) is 23.9. The normalized spacial score (nSPS) is 12.0. The van der Waals surface area contributed by atoms with Crippen molar-refractivity contribution in [2.24, 2.45) is 0 Å². The topological polar surface area (TPSA) is 73.9 Å². The smallest absolute Gasteiger partial charge is 0.262 e. The standard InChI is InChI=1S/C17H13ClFNO5/c1-9(21)11-5-15-16(25-8-24-15)6-13(11)20-17(22)7-23-14-3-2-10(19)4-12(14)18/h2-6H,7-8H2,1H3,(H,20,22). The molecule has 2 aromatic rings. The molecule has 1 amide bonds. The Hall–Kier alpha value is -2.80. The lowest BCUT2D eigenvalue weighted by Crippen LogP contribution is -2.21. The number of ketones is 1. The van der Waals surface area contributed by atoms with Crippen LogP contribution in [-0.2, 0) is 4.79 Å². The molecule has 0 fully saturated rings. The molecule has 0 saturated carbocycles. The zero-order valence-electron chi connectivity index (χ0n) is 13.1. The fourth-order valence-electron chi connectivity index (χ4n) is 2.26. The van der Waals surface area contributed by atoms with Crippen LogP contribution in [0.4, 0.5) is 10.1 Å². The van der Waals surface area contributed by atoms with Gasteiger partial charge in [0.2, 0.25) is 6.79 Å². The Morgan fingerprint density at radius 1 is 1.24 bits per heavy atom. The van der Waals surface area contributed by atoms with Crippen LogP contribution in [0.15, 0.2) is 30.3 Å². The molecule has 0 radical (unpaired) electrons. The van der Waals surface area contributed by atoms with Crippen molar-refractivity contribution in [1.29, 1.82) is 0 Å². The van der Waals surface area contributed by atoms with Gasteiger partial charge in [-0.05, 0) is 31.2 Å². The van der Waals surface area contributed by atoms with E-state index in [1.165, 1.54) is 31.2 Å². The van der Waals surface area contributed by atoms with Crippen LogP contribution in [0.3, 0.4) is 0 Å². The Kier molecular flexibility index (Phi) is 4.76. The molecular formula is C17H13ClFNO5. The average Bonchev–Trinajstić information content (AvgIpc) is 3.00. The number of anilines is 1. The number of benzene rings is 2. The maximum atomic E-state index is 13.0. The largest absolute Gasteiger partial charge is 0.482 e. The number of rotatable bonds is 5. The Morgan fingerprint density at radius 2 is 1.96 bits per heavy atom. The highest BCUT2D eigenvalue weighted by molar-refractivity contribution is 6.32. The molecule has 0 bridgehead atoms. The van der Waals surface area contributed by atoms with E-state index >= 15 is 0 Å². The first-order valence-corrected chi connectivity index (χ1v) is 7.64. The molecule has 1 aliphatic rings. The monoisotopic (exact) mass is 365 g/mol. The number of amides is 1. The Morgan fingerprint density at radius 3 is 2.64 bits per heavy atom. The second-order valence-corrected chi connectivity index (χ2v) is 5.63. The molecule has 1 N–H and O–H groups in total. The molecule has 0 spiro atoms. The minimum atomic E-state index is -0.512. The first kappa shape index (κ1) is 17.0. The number of halogens is 2. The SMILES string of the molecule is CC(=O)c1cc2c(cc1NC(=O)COc1ccc(F)cc1Cl)OCO2. The third kappa shape index (κ3) is 3.83. The summed E-state index contributed by atoms with van der Waals surface area (Å²) >= 11 is 5.83. The molecule has 0 aliphatic carbocycles. The third-order valence-electron chi connectivity index (χ3n) is 3.42. The molecule has 0 aromatic heterocycles. The van der Waals surface area contributed by atoms with Gasteiger partial charge in [-0.3, -0.25) is 9.59 Å². The lowest BCUT2D eigenvalue weighted by atomic mass is 10.1. The summed E-state index contributed by atoms with van der Waals surface area (Å²) in [6, 6.07) is 6.61. The second kappa shape index (κ2) is 6.98. The van der Waals surface area contributed by atoms with Gasteiger partial charge in [-0.15, -0.1) is 0 Å². The predicted molar refractivity (Wildman–Crippen MR) is 88.1 cm³/mol. The quantitative estimate of drug-likeness (QED) is 0.822. The van der Waals surface area contributed by atoms with Gasteiger partial charge in [0.25, 0.3) is 5.91 Å². The van der Waals surface area contributed by atoms with Gasteiger partial charge in [0, 0.05) is 11.6 Å². The highest BCUT2D eigenvalue weighted by Gasteiger charge is 2.20. The van der Waals surface area contributed by atoms with Crippen LogP contribution in [-0.4, -0.2) is 25.1 Å². The number of carbonyl (C=O) groups excluding carboxylic acids is 2. The summed E-state index contributed by atoms with van der Waals surface area (Å²) in [6.45, 7) is 1.06. The van der Waals surface area contributed by atoms with E-state index in [1.807, 2.05) is 0 Å². The minimum absolute atomic E-state index is 0.0518. The van der Waals surface area contributed by atoms with E-state index in [-0.39, 0.29) is 41.2 Å². The zero-order chi connectivity index (χ0) is 18.0. The van der Waals surface area contributed by atoms with Crippen LogP contribution < -0.4 is 19.5 Å². The summed E-state index contributed by atoms with van der Waals surface area (Å²) in [7, 11) is 0. The van der Waals surface area contributed by atoms with Crippen molar-refractivity contribution in [3.05, 3.63) is 46.7 Å². The van der Waals surface area contributed by atoms with Crippen LogP contribution in [0.25, 0.3) is 0 Å². The van der Waals surface area contributed by atoms with E-state index in [0.29, 0.717) is 11.5 Å². The van der Waals surface area contributed by atoms with Crippen molar-refractivity contribution < 1.29 is 28.2 Å². The van der Waals surface area contributed by atoms with Gasteiger partial charge in [-0.1, -0.05) is 11.6 Å². The molecule has 0 atom stereocenters. The number of ether oxygens (including phenoxy) is 3. The van der Waals surface area contributed by atoms with Gasteiger partial charge < -0.3 is 19.5 Å². The molecule has 0 unspecified atom stereocenters. The van der Waals surface area contributed by atoms with E-state index in [9.17, 15) is 14.0 Å². The van der Waals surface area contributed by atoms with E-state index in [0.717, 1.165) is 6.07 Å². The number of Topliss-reactive ketones (excluding diaryl/α,β-unsaturated/α-hetero) is 1. The molecular weight excluding hydrogens is 353 g/mol. The first-order chi connectivity index (χ1) is 11.9. The van der Waals surface area contributed by atoms with Gasteiger partial charge in [-0.25, -0.2) is 4.39 Å². The lowest BCUT2D eigenvalue weighted by Gasteiger charge is -2.12. The van der Waals surface area contributed by atoms with Gasteiger partial charge in [0.15, 0.2) is 23.9 Å². The third-order valence-corrected chi connectivity index (χ3v) is 3.71. The Bertz CT molecular complexity index is 855. The van der Waals surface area contributed by atoms with Crippen LogP contribution in [0, 0.1) is 5.82 Å². The van der Waals surface area contributed by atoms with E-state index in [1.54, 1.807) is 0 Å². The summed E-state index contributed by atoms with van der Waals surface area (Å²) in [6.07, 6.45) is 0. The number of nitrogens with one attached hydrogen (secondary N) is 1. The van der Waals surface area contributed by atoms with Crippen LogP contribution in [0.1, 0.15) is 17.3 Å². The second-order valence-electron chi connectivity index (χ2n) is 5.22. The van der Waals surface area contributed by atoms with Crippen molar-refractivity contribution in [3.63, 3.8) is 0 Å². The van der Waals surface area contributed by atoms with Crippen molar-refractivity contribution in [2.75, 3.05) is 18.7 Å². The summed E-state index contributed by atoms with van der Waals surface area (Å²) in [5, 5.41) is 2.64. The van der Waals surface area contributed by atoms with Gasteiger partial charge >= 0.3 is 0 Å². The predicted octanol–water partition coefficient (Wildman–Crippen LogP) is 3.43. The molecule has 6 nitrogen and oxygen atoms in total. The molecule has 1 heterocycles. The van der Waals surface area contributed by atoms with E-state index in [4.69, 9.17) is 25.8 Å². The molecule has 25 heavy (non-hydrogen) atoms. The molecule has 0 saturated heterocycles. The van der Waals surface area contributed by atoms with E-state index < -0.39 is 11.7 Å². The van der Waals surface area contributed by atoms with E-state index in [2.05, 4.69) is 5.32 Å². The van der Waals surface area contributed by atoms with Crippen molar-refractivity contribution in [1.82, 2.24) is 0 Å². The maximum Gasteiger partial charge on any atom is 0.262 e. The average molecular weight is 366 g/mol. The number of carbonyl (C=O) groups is 2. The first-order valence-electron chi connectivity index (χ1n) is 7.26. The lowest BCUT2D eigenvalue weighted by molar-refractivity contribution is -0.118. The molecule has 1 aliphatic heterocycles. The number of hydrogen-bond donors (Lipinski definition) is 1. The fourth-order valence-corrected chi connectivity index (χ4v) is 2.48. The molecule has 8 heteroatoms. The van der Waals surface area contributed by atoms with Crippen LogP contribution in [0.2, 0.25) is 5.02 Å². The van der Waals surface area contributed by atoms with Gasteiger partial charge in [-0.2, -0.15) is 0 Å². The molecule has 3 rings (SSSR count). The van der Waals surface area contributed by atoms with Crippen molar-refractivity contribution in [3.8, 4) is 17.2 Å². The number of hydrogen-bond acceptors (Lipinski definition) is 5. The zero-order valence-corrected chi connectivity index (χ0v) is 13.9. The Labute approximate surface area is 147 Å². The highest BCUT2D eigenvalue weighted by Crippen LogP contribution is 2.37. The van der Waals surface area contributed by atoms with Gasteiger partial charge in [0.05, 0.1) is 10.7 Å². The fraction of sp³-hybridized carbons (Fsp3) is 0.176. The van der Waals surface area contributed by atoms with Gasteiger partial charge in [0.1, 0.15) is 11.6 Å². The van der Waals surface area contributed by atoms with Crippen molar-refractivity contribution in [2.45, 2.75) is 6.92 Å². The Balaban J connectivity index is 1.71. The van der Waals surface area contributed by atoms with Crippen LogP contribution in [0.5, 0.6) is 17.2 Å². The summed E-state index contributed by atoms with van der Waals surface area (Å²) in [5.74, 6) is -0.206. The summed E-state index contributed by atoms with van der Waals surface area (Å²) < 4.78 is 28.7. The maximum absolute atomic E-state index is 13.0. The molecule has 130 valence electrons.